The van der Waals surface area contributed by atoms with Crippen LogP contribution in [0.2, 0.25) is 0 Å². The Labute approximate surface area is 136 Å². The van der Waals surface area contributed by atoms with Crippen LogP contribution in [0.3, 0.4) is 0 Å². The van der Waals surface area contributed by atoms with Crippen molar-refractivity contribution in [2.24, 2.45) is 0 Å². The lowest BCUT2D eigenvalue weighted by Crippen LogP contribution is -2.37. The lowest BCUT2D eigenvalue weighted by atomic mass is 10.1. The van der Waals surface area contributed by atoms with Gasteiger partial charge in [0, 0.05) is 24.9 Å². The molecular formula is C17H24N2O4. The number of hydrogen-bond acceptors (Lipinski definition) is 4. The molecule has 0 radical (unpaired) electrons. The zero-order valence-electron chi connectivity index (χ0n) is 13.7. The third-order valence-electron chi connectivity index (χ3n) is 3.08. The van der Waals surface area contributed by atoms with Gasteiger partial charge in [-0.2, -0.15) is 0 Å². The summed E-state index contributed by atoms with van der Waals surface area (Å²) < 4.78 is 5.31. The molecule has 0 atom stereocenters. The summed E-state index contributed by atoms with van der Waals surface area (Å²) in [6.45, 7) is 4.94. The Morgan fingerprint density at radius 2 is 1.65 bits per heavy atom. The van der Waals surface area contributed by atoms with Gasteiger partial charge in [0.25, 0.3) is 0 Å². The molecule has 0 spiro atoms. The number of amides is 2. The molecule has 1 rings (SSSR count). The number of hydrogen-bond donors (Lipinski definition) is 2. The Morgan fingerprint density at radius 3 is 2.26 bits per heavy atom. The van der Waals surface area contributed by atoms with Crippen molar-refractivity contribution in [2.75, 3.05) is 19.7 Å². The van der Waals surface area contributed by atoms with E-state index in [9.17, 15) is 14.4 Å². The lowest BCUT2D eigenvalue weighted by molar-refractivity contribution is -0.126. The third-order valence-corrected chi connectivity index (χ3v) is 3.08. The topological polar surface area (TPSA) is 84.5 Å². The lowest BCUT2D eigenvalue weighted by Gasteiger charge is -2.06. The summed E-state index contributed by atoms with van der Waals surface area (Å²) in [6, 6.07) is 6.83. The smallest absolute Gasteiger partial charge is 0.239 e. The monoisotopic (exact) mass is 320 g/mol. The van der Waals surface area contributed by atoms with E-state index in [2.05, 4.69) is 10.6 Å². The molecule has 0 bridgehead atoms. The van der Waals surface area contributed by atoms with Gasteiger partial charge in [-0.25, -0.2) is 0 Å². The predicted molar refractivity (Wildman–Crippen MR) is 87.5 cm³/mol. The van der Waals surface area contributed by atoms with Gasteiger partial charge in [0.15, 0.2) is 5.78 Å². The van der Waals surface area contributed by atoms with Crippen molar-refractivity contribution < 1.29 is 19.1 Å². The fraction of sp³-hybridized carbons (Fsp3) is 0.471. The van der Waals surface area contributed by atoms with E-state index in [1.165, 1.54) is 0 Å². The Hall–Kier alpha value is -2.37. The van der Waals surface area contributed by atoms with E-state index < -0.39 is 0 Å². The molecule has 2 N–H and O–H groups in total. The molecule has 1 aromatic carbocycles. The highest BCUT2D eigenvalue weighted by Gasteiger charge is 2.10. The van der Waals surface area contributed by atoms with Crippen molar-refractivity contribution in [3.8, 4) is 5.75 Å². The van der Waals surface area contributed by atoms with E-state index in [-0.39, 0.29) is 37.0 Å². The molecule has 2 amide bonds. The summed E-state index contributed by atoms with van der Waals surface area (Å²) in [4.78, 5) is 35.0. The molecule has 126 valence electrons. The van der Waals surface area contributed by atoms with Gasteiger partial charge < -0.3 is 15.4 Å². The second-order valence-corrected chi connectivity index (χ2v) is 5.01. The van der Waals surface area contributed by atoms with Crippen LogP contribution < -0.4 is 15.4 Å². The zero-order chi connectivity index (χ0) is 17.1. The van der Waals surface area contributed by atoms with Gasteiger partial charge in [-0.3, -0.25) is 14.4 Å². The molecule has 0 saturated heterocycles. The molecule has 0 aromatic heterocycles. The summed E-state index contributed by atoms with van der Waals surface area (Å²) in [7, 11) is 0. The van der Waals surface area contributed by atoms with Gasteiger partial charge in [-0.1, -0.05) is 6.92 Å². The predicted octanol–water partition coefficient (Wildman–Crippen LogP) is 1.69. The van der Waals surface area contributed by atoms with Gasteiger partial charge in [0.1, 0.15) is 5.75 Å². The largest absolute Gasteiger partial charge is 0.494 e. The molecule has 0 aliphatic heterocycles. The average molecular weight is 320 g/mol. The number of carbonyl (C=O) groups is 3. The molecule has 0 aliphatic carbocycles. The van der Waals surface area contributed by atoms with Crippen LogP contribution in [-0.2, 0) is 9.59 Å². The minimum atomic E-state index is -0.309. The molecule has 0 aliphatic rings. The van der Waals surface area contributed by atoms with Crippen LogP contribution in [0.1, 0.15) is 43.5 Å². The van der Waals surface area contributed by atoms with Gasteiger partial charge in [0.2, 0.25) is 11.8 Å². The third kappa shape index (κ3) is 7.44. The van der Waals surface area contributed by atoms with E-state index in [1.54, 1.807) is 24.3 Å². The summed E-state index contributed by atoms with van der Waals surface area (Å²) in [5.74, 6) is 0.0625. The minimum absolute atomic E-state index is 0.0594. The Morgan fingerprint density at radius 1 is 0.957 bits per heavy atom. The van der Waals surface area contributed by atoms with Gasteiger partial charge in [0.05, 0.1) is 13.2 Å². The van der Waals surface area contributed by atoms with Crippen molar-refractivity contribution in [3.05, 3.63) is 29.8 Å². The summed E-state index contributed by atoms with van der Waals surface area (Å²) in [6.07, 6.45) is 1.01. The van der Waals surface area contributed by atoms with Crippen LogP contribution in [-0.4, -0.2) is 37.3 Å². The molecular weight excluding hydrogens is 296 g/mol. The van der Waals surface area contributed by atoms with E-state index in [0.29, 0.717) is 24.5 Å². The van der Waals surface area contributed by atoms with Gasteiger partial charge >= 0.3 is 0 Å². The highest BCUT2D eigenvalue weighted by atomic mass is 16.5. The van der Waals surface area contributed by atoms with Crippen LogP contribution >= 0.6 is 0 Å². The summed E-state index contributed by atoms with van der Waals surface area (Å²) in [5, 5.41) is 5.16. The fourth-order valence-electron chi connectivity index (χ4n) is 1.87. The molecule has 0 fully saturated rings. The van der Waals surface area contributed by atoms with E-state index >= 15 is 0 Å². The maximum atomic E-state index is 12.0. The maximum absolute atomic E-state index is 12.0. The van der Waals surface area contributed by atoms with Crippen LogP contribution in [0, 0.1) is 0 Å². The Balaban J connectivity index is 2.31. The van der Waals surface area contributed by atoms with Gasteiger partial charge in [-0.05, 0) is 37.6 Å². The molecule has 23 heavy (non-hydrogen) atoms. The zero-order valence-corrected chi connectivity index (χ0v) is 13.7. The molecule has 0 unspecified atom stereocenters. The first kappa shape index (κ1) is 18.7. The van der Waals surface area contributed by atoms with Crippen molar-refractivity contribution in [1.29, 1.82) is 0 Å². The standard InChI is InChI=1S/C17H24N2O4/c1-3-11-18-17(22)12-19-16(21)10-9-15(20)13-5-7-14(8-6-13)23-4-2/h5-8H,3-4,9-12H2,1-2H3,(H,18,22)(H,19,21). The number of carbonyl (C=O) groups excluding carboxylic acids is 3. The van der Waals surface area contributed by atoms with E-state index in [4.69, 9.17) is 4.74 Å². The fourth-order valence-corrected chi connectivity index (χ4v) is 1.87. The number of Topliss-reactive ketones (excluding diaryl/α,β-unsaturated/α-hetero) is 1. The first-order valence-corrected chi connectivity index (χ1v) is 7.86. The summed E-state index contributed by atoms with van der Waals surface area (Å²) >= 11 is 0. The highest BCUT2D eigenvalue weighted by molar-refractivity contribution is 5.98. The number of ketones is 1. The van der Waals surface area contributed by atoms with Crippen molar-refractivity contribution >= 4 is 17.6 Å². The first-order valence-electron chi connectivity index (χ1n) is 7.86. The van der Waals surface area contributed by atoms with Crippen LogP contribution in [0.25, 0.3) is 0 Å². The first-order chi connectivity index (χ1) is 11.1. The van der Waals surface area contributed by atoms with Crippen molar-refractivity contribution in [3.63, 3.8) is 0 Å². The average Bonchev–Trinajstić information content (AvgIpc) is 2.56. The minimum Gasteiger partial charge on any atom is -0.494 e. The molecule has 0 heterocycles. The number of nitrogens with one attached hydrogen (secondary N) is 2. The van der Waals surface area contributed by atoms with Crippen molar-refractivity contribution in [2.45, 2.75) is 33.1 Å². The number of rotatable bonds is 10. The van der Waals surface area contributed by atoms with Crippen molar-refractivity contribution in [1.82, 2.24) is 10.6 Å². The van der Waals surface area contributed by atoms with Crippen LogP contribution in [0.4, 0.5) is 0 Å². The van der Waals surface area contributed by atoms with Gasteiger partial charge in [-0.15, -0.1) is 0 Å². The molecule has 1 aromatic rings. The second-order valence-electron chi connectivity index (χ2n) is 5.01. The number of ether oxygens (including phenoxy) is 1. The molecule has 6 nitrogen and oxygen atoms in total. The molecule has 0 saturated carbocycles. The summed E-state index contributed by atoms with van der Waals surface area (Å²) in [5.41, 5.74) is 0.543. The maximum Gasteiger partial charge on any atom is 0.239 e. The van der Waals surface area contributed by atoms with E-state index in [0.717, 1.165) is 6.42 Å². The molecule has 6 heteroatoms. The highest BCUT2D eigenvalue weighted by Crippen LogP contribution is 2.13. The normalized spacial score (nSPS) is 10.0. The Kier molecular flexibility index (Phi) is 8.42. The SMILES string of the molecule is CCCNC(=O)CNC(=O)CCC(=O)c1ccc(OCC)cc1. The number of benzene rings is 1. The van der Waals surface area contributed by atoms with Crippen LogP contribution in [0.15, 0.2) is 24.3 Å². The second kappa shape index (κ2) is 10.4. The van der Waals surface area contributed by atoms with E-state index in [1.807, 2.05) is 13.8 Å². The van der Waals surface area contributed by atoms with Crippen LogP contribution in [0.5, 0.6) is 5.75 Å². The quantitative estimate of drug-likeness (QED) is 0.643. The Bertz CT molecular complexity index is 526.